The van der Waals surface area contributed by atoms with Crippen LogP contribution in [0.2, 0.25) is 0 Å². The molecule has 3 nitrogen and oxygen atoms in total. The molecular weight excluding hydrogens is 222 g/mol. The van der Waals surface area contributed by atoms with Crippen LogP contribution in [0.3, 0.4) is 0 Å². The largest absolute Gasteiger partial charge is 0.212 e. The topological polar surface area (TPSA) is 46.2 Å². The van der Waals surface area contributed by atoms with Gasteiger partial charge in [-0.15, -0.1) is 0 Å². The summed E-state index contributed by atoms with van der Waals surface area (Å²) in [5, 5.41) is 0. The molecule has 0 heterocycles. The van der Waals surface area contributed by atoms with E-state index in [9.17, 15) is 8.42 Å². The van der Waals surface area contributed by atoms with Gasteiger partial charge >= 0.3 is 0 Å². The Bertz CT molecular complexity index is 468. The van der Waals surface area contributed by atoms with E-state index in [2.05, 4.69) is 10.8 Å². The van der Waals surface area contributed by atoms with E-state index in [1.807, 2.05) is 18.2 Å². The molecule has 0 fully saturated rings. The van der Waals surface area contributed by atoms with E-state index in [-0.39, 0.29) is 11.8 Å². The van der Waals surface area contributed by atoms with Gasteiger partial charge in [-0.3, -0.25) is 0 Å². The van der Waals surface area contributed by atoms with Gasteiger partial charge in [-0.25, -0.2) is 13.1 Å². The molecule has 1 aliphatic rings. The molecule has 0 aromatic heterocycles. The highest BCUT2D eigenvalue weighted by Gasteiger charge is 2.23. The first-order valence-electron chi connectivity index (χ1n) is 5.70. The van der Waals surface area contributed by atoms with Crippen LogP contribution in [0, 0.1) is 0 Å². The Labute approximate surface area is 96.9 Å². The molecule has 2 rings (SSSR count). The fraction of sp³-hybridized carbons (Fsp3) is 0.500. The zero-order chi connectivity index (χ0) is 11.6. The quantitative estimate of drug-likeness (QED) is 0.877. The summed E-state index contributed by atoms with van der Waals surface area (Å²) >= 11 is 0. The van der Waals surface area contributed by atoms with Crippen LogP contribution in [0.1, 0.15) is 36.9 Å². The van der Waals surface area contributed by atoms with Crippen molar-refractivity contribution < 1.29 is 8.42 Å². The molecule has 0 amide bonds. The third kappa shape index (κ3) is 2.44. The Balaban J connectivity index is 2.26. The molecular formula is C12H17NO2S. The van der Waals surface area contributed by atoms with Crippen molar-refractivity contribution in [1.82, 2.24) is 4.72 Å². The van der Waals surface area contributed by atoms with Gasteiger partial charge in [-0.2, -0.15) is 0 Å². The van der Waals surface area contributed by atoms with Gasteiger partial charge in [0.25, 0.3) is 0 Å². The Morgan fingerprint density at radius 2 is 2.12 bits per heavy atom. The Hall–Kier alpha value is -0.870. The molecule has 1 aliphatic carbocycles. The van der Waals surface area contributed by atoms with Gasteiger partial charge in [-0.05, 0) is 37.3 Å². The Morgan fingerprint density at radius 3 is 2.88 bits per heavy atom. The van der Waals surface area contributed by atoms with Crippen LogP contribution in [-0.2, 0) is 16.4 Å². The summed E-state index contributed by atoms with van der Waals surface area (Å²) in [4.78, 5) is 0. The van der Waals surface area contributed by atoms with E-state index in [1.165, 1.54) is 5.56 Å². The molecule has 1 aromatic carbocycles. The summed E-state index contributed by atoms with van der Waals surface area (Å²) in [6.07, 6.45) is 3.00. The van der Waals surface area contributed by atoms with Crippen molar-refractivity contribution in [2.45, 2.75) is 32.2 Å². The molecule has 1 N–H and O–H groups in total. The average molecular weight is 239 g/mol. The number of benzene rings is 1. The first-order chi connectivity index (χ1) is 7.62. The highest BCUT2D eigenvalue weighted by atomic mass is 32.2. The zero-order valence-electron chi connectivity index (χ0n) is 9.44. The molecule has 1 atom stereocenters. The maximum atomic E-state index is 11.6. The van der Waals surface area contributed by atoms with E-state index >= 15 is 0 Å². The van der Waals surface area contributed by atoms with Crippen molar-refractivity contribution >= 4 is 10.0 Å². The maximum Gasteiger partial charge on any atom is 0.211 e. The highest BCUT2D eigenvalue weighted by Crippen LogP contribution is 2.29. The number of hydrogen-bond acceptors (Lipinski definition) is 2. The van der Waals surface area contributed by atoms with Crippen molar-refractivity contribution in [3.8, 4) is 0 Å². The first-order valence-corrected chi connectivity index (χ1v) is 7.35. The van der Waals surface area contributed by atoms with Gasteiger partial charge in [-0.1, -0.05) is 24.3 Å². The van der Waals surface area contributed by atoms with Gasteiger partial charge in [0.2, 0.25) is 10.0 Å². The van der Waals surface area contributed by atoms with Gasteiger partial charge in [0, 0.05) is 6.04 Å². The second kappa shape index (κ2) is 4.55. The summed E-state index contributed by atoms with van der Waals surface area (Å²) in [7, 11) is -3.11. The molecule has 0 spiro atoms. The minimum atomic E-state index is -3.11. The Kier molecular flexibility index (Phi) is 3.30. The standard InChI is InChI=1S/C12H17NO2S/c1-2-16(14,15)13-12-9-5-7-10-6-3-4-8-11(10)12/h3-4,6,8,12-13H,2,5,7,9H2,1H3/t12-/m0/s1. The van der Waals surface area contributed by atoms with Crippen LogP contribution < -0.4 is 4.72 Å². The smallest absolute Gasteiger partial charge is 0.211 e. The van der Waals surface area contributed by atoms with E-state index in [0.717, 1.165) is 24.8 Å². The second-order valence-corrected chi connectivity index (χ2v) is 6.21. The third-order valence-electron chi connectivity index (χ3n) is 3.07. The summed E-state index contributed by atoms with van der Waals surface area (Å²) in [5.74, 6) is 0.145. The van der Waals surface area contributed by atoms with Gasteiger partial charge in [0.15, 0.2) is 0 Å². The number of sulfonamides is 1. The molecule has 0 bridgehead atoms. The molecule has 0 radical (unpaired) electrons. The summed E-state index contributed by atoms with van der Waals surface area (Å²) in [6, 6.07) is 8.06. The van der Waals surface area contributed by atoms with Crippen molar-refractivity contribution in [2.24, 2.45) is 0 Å². The van der Waals surface area contributed by atoms with Crippen LogP contribution in [0.5, 0.6) is 0 Å². The molecule has 0 saturated heterocycles. The predicted octanol–water partition coefficient (Wildman–Crippen LogP) is 2.00. The van der Waals surface area contributed by atoms with Crippen LogP contribution in [0.25, 0.3) is 0 Å². The zero-order valence-corrected chi connectivity index (χ0v) is 10.3. The molecule has 0 aliphatic heterocycles. The van der Waals surface area contributed by atoms with Gasteiger partial charge in [0.05, 0.1) is 5.75 Å². The number of aryl methyl sites for hydroxylation is 1. The van der Waals surface area contributed by atoms with Crippen molar-refractivity contribution in [1.29, 1.82) is 0 Å². The summed E-state index contributed by atoms with van der Waals surface area (Å²) in [6.45, 7) is 1.66. The third-order valence-corrected chi connectivity index (χ3v) is 4.47. The number of hydrogen-bond donors (Lipinski definition) is 1. The maximum absolute atomic E-state index is 11.6. The predicted molar refractivity (Wildman–Crippen MR) is 64.7 cm³/mol. The molecule has 88 valence electrons. The SMILES string of the molecule is CCS(=O)(=O)N[C@H]1CCCc2ccccc21. The van der Waals surface area contributed by atoms with Crippen molar-refractivity contribution in [3.05, 3.63) is 35.4 Å². The van der Waals surface area contributed by atoms with Crippen molar-refractivity contribution in [3.63, 3.8) is 0 Å². The van der Waals surface area contributed by atoms with Gasteiger partial charge in [0.1, 0.15) is 0 Å². The fourth-order valence-electron chi connectivity index (χ4n) is 2.18. The van der Waals surface area contributed by atoms with Crippen LogP contribution >= 0.6 is 0 Å². The van der Waals surface area contributed by atoms with E-state index < -0.39 is 10.0 Å². The van der Waals surface area contributed by atoms with Crippen molar-refractivity contribution in [2.75, 3.05) is 5.75 Å². The molecule has 1 aromatic rings. The molecule has 16 heavy (non-hydrogen) atoms. The second-order valence-electron chi connectivity index (χ2n) is 4.16. The lowest BCUT2D eigenvalue weighted by Crippen LogP contribution is -2.32. The minimum Gasteiger partial charge on any atom is -0.212 e. The monoisotopic (exact) mass is 239 g/mol. The number of fused-ring (bicyclic) bond motifs is 1. The Morgan fingerprint density at radius 1 is 1.38 bits per heavy atom. The minimum absolute atomic E-state index is 0.0325. The van der Waals surface area contributed by atoms with Gasteiger partial charge < -0.3 is 0 Å². The van der Waals surface area contributed by atoms with E-state index in [0.29, 0.717) is 0 Å². The lowest BCUT2D eigenvalue weighted by atomic mass is 9.88. The lowest BCUT2D eigenvalue weighted by molar-refractivity contribution is 0.508. The average Bonchev–Trinajstić information content (AvgIpc) is 2.29. The van der Waals surface area contributed by atoms with E-state index in [4.69, 9.17) is 0 Å². The van der Waals surface area contributed by atoms with Crippen LogP contribution in [-0.4, -0.2) is 14.2 Å². The molecule has 0 saturated carbocycles. The molecule has 0 unspecified atom stereocenters. The summed E-state index contributed by atoms with van der Waals surface area (Å²) in [5.41, 5.74) is 2.42. The lowest BCUT2D eigenvalue weighted by Gasteiger charge is -2.25. The fourth-order valence-corrected chi connectivity index (χ4v) is 3.02. The first kappa shape index (κ1) is 11.6. The number of rotatable bonds is 3. The van der Waals surface area contributed by atoms with E-state index in [1.54, 1.807) is 6.92 Å². The van der Waals surface area contributed by atoms with Crippen LogP contribution in [0.4, 0.5) is 0 Å². The summed E-state index contributed by atoms with van der Waals surface area (Å²) < 4.78 is 25.9. The number of nitrogens with one attached hydrogen (secondary N) is 1. The van der Waals surface area contributed by atoms with Crippen LogP contribution in [0.15, 0.2) is 24.3 Å². The molecule has 4 heteroatoms. The normalized spacial score (nSPS) is 20.4. The highest BCUT2D eigenvalue weighted by molar-refractivity contribution is 7.89.